The summed E-state index contributed by atoms with van der Waals surface area (Å²) in [7, 11) is 3.46. The van der Waals surface area contributed by atoms with Crippen LogP contribution in [0.15, 0.2) is 30.0 Å². The van der Waals surface area contributed by atoms with Gasteiger partial charge in [0, 0.05) is 30.9 Å². The van der Waals surface area contributed by atoms with Gasteiger partial charge in [-0.3, -0.25) is 14.3 Å². The largest absolute Gasteiger partial charge is 0.462 e. The summed E-state index contributed by atoms with van der Waals surface area (Å²) in [6.07, 6.45) is 1.42. The monoisotopic (exact) mass is 739 g/mol. The summed E-state index contributed by atoms with van der Waals surface area (Å²) in [5.41, 5.74) is 1.20. The van der Waals surface area contributed by atoms with Crippen LogP contribution >= 0.6 is 0 Å². The van der Waals surface area contributed by atoms with Crippen LogP contribution in [0, 0.1) is 23.7 Å². The summed E-state index contributed by atoms with van der Waals surface area (Å²) >= 11 is 0. The Kier molecular flexibility index (Phi) is 20.4. The highest BCUT2D eigenvalue weighted by atomic mass is 16.7. The van der Waals surface area contributed by atoms with Crippen LogP contribution in [0.25, 0.3) is 0 Å². The molecule has 0 saturated carbocycles. The van der Waals surface area contributed by atoms with E-state index in [1.165, 1.54) is 6.08 Å². The van der Waals surface area contributed by atoms with E-state index in [0.717, 1.165) is 5.57 Å². The molecule has 1 aliphatic heterocycles. The fourth-order valence-corrected chi connectivity index (χ4v) is 6.81. The van der Waals surface area contributed by atoms with E-state index < -0.39 is 66.6 Å². The number of nitrogens with one attached hydrogen (secondary N) is 1. The minimum Gasteiger partial charge on any atom is -0.462 e. The molecule has 0 saturated heterocycles. The summed E-state index contributed by atoms with van der Waals surface area (Å²) in [6, 6.07) is -0.756. The van der Waals surface area contributed by atoms with Gasteiger partial charge in [-0.1, -0.05) is 43.7 Å². The number of nitrogens with zero attached hydrogens (tertiary/aromatic N) is 4. The highest BCUT2D eigenvalue weighted by molar-refractivity contribution is 5.91. The summed E-state index contributed by atoms with van der Waals surface area (Å²) in [5.74, 6) is -2.79. The Morgan fingerprint density at radius 1 is 1.13 bits per heavy atom. The average molecular weight is 740 g/mol. The molecule has 6 N–H and O–H groups in total. The van der Waals surface area contributed by atoms with Crippen LogP contribution < -0.4 is 5.32 Å². The number of ketones is 1. The van der Waals surface area contributed by atoms with E-state index in [0.29, 0.717) is 44.6 Å². The number of esters is 1. The van der Waals surface area contributed by atoms with E-state index in [-0.39, 0.29) is 37.9 Å². The Bertz CT molecular complexity index is 1250. The molecule has 1 aromatic rings. The van der Waals surface area contributed by atoms with Crippen LogP contribution in [0.4, 0.5) is 0 Å². The quantitative estimate of drug-likeness (QED) is 0.0755. The van der Waals surface area contributed by atoms with Crippen LogP contribution in [0.3, 0.4) is 0 Å². The van der Waals surface area contributed by atoms with Crippen molar-refractivity contribution < 1.29 is 49.3 Å². The zero-order chi connectivity index (χ0) is 39.0. The predicted octanol–water partition coefficient (Wildman–Crippen LogP) is 1.21. The van der Waals surface area contributed by atoms with Crippen molar-refractivity contribution >= 4 is 11.8 Å². The molecular weight excluding hydrogens is 674 g/mol. The van der Waals surface area contributed by atoms with Gasteiger partial charge in [-0.05, 0) is 72.7 Å². The summed E-state index contributed by atoms with van der Waals surface area (Å²) < 4.78 is 20.0. The van der Waals surface area contributed by atoms with Gasteiger partial charge in [0.15, 0.2) is 12.1 Å². The van der Waals surface area contributed by atoms with Crippen molar-refractivity contribution in [1.29, 1.82) is 0 Å². The molecule has 11 atom stereocenters. The maximum atomic E-state index is 13.5. The van der Waals surface area contributed by atoms with Crippen molar-refractivity contribution in [2.24, 2.45) is 23.7 Å². The number of carbonyl (C=O) groups is 2. The van der Waals surface area contributed by atoms with Crippen molar-refractivity contribution in [1.82, 2.24) is 25.2 Å². The molecule has 1 aromatic heterocycles. The van der Waals surface area contributed by atoms with Gasteiger partial charge in [0.1, 0.15) is 17.9 Å². The first kappa shape index (κ1) is 45.6. The molecule has 2 heterocycles. The number of hydrogen-bond donors (Lipinski definition) is 6. The van der Waals surface area contributed by atoms with E-state index in [2.05, 4.69) is 15.6 Å². The van der Waals surface area contributed by atoms with Crippen molar-refractivity contribution in [3.8, 4) is 0 Å². The number of hydrogen-bond acceptors (Lipinski definition) is 14. The highest BCUT2D eigenvalue weighted by Crippen LogP contribution is 2.33. The molecule has 0 fully saturated rings. The SMILES string of the molecule is CCO[C@@H](O[C@H]1[C@@H](CCNCCn2cc(CO)nn2)C[C@@H](C)C(=O)/C=C/C(C)=C/[C@H](CO)[C@@H](CC)OC(=O)C[C@@H](O)[C@@H]1C)C(O)C([C@@H](C)O)N(C)C. The Morgan fingerprint density at radius 2 is 1.85 bits per heavy atom. The molecule has 0 bridgehead atoms. The van der Waals surface area contributed by atoms with Crippen LogP contribution in [0.1, 0.15) is 72.9 Å². The molecule has 2 rings (SSSR count). The molecule has 0 spiro atoms. The Hall–Kier alpha value is -2.60. The molecule has 52 heavy (non-hydrogen) atoms. The van der Waals surface area contributed by atoms with Gasteiger partial charge in [-0.25, -0.2) is 0 Å². The zero-order valence-corrected chi connectivity index (χ0v) is 32.3. The van der Waals surface area contributed by atoms with Crippen molar-refractivity contribution in [2.75, 3.05) is 40.4 Å². The van der Waals surface area contributed by atoms with Crippen LogP contribution in [-0.2, 0) is 37.0 Å². The minimum atomic E-state index is -1.30. The lowest BCUT2D eigenvalue weighted by Crippen LogP contribution is -2.55. The number of aliphatic hydroxyl groups excluding tert-OH is 5. The van der Waals surface area contributed by atoms with Gasteiger partial charge in [-0.2, -0.15) is 0 Å². The molecule has 2 unspecified atom stereocenters. The Labute approximate surface area is 309 Å². The fraction of sp³-hybridized carbons (Fsp3) is 0.784. The smallest absolute Gasteiger partial charge is 0.308 e. The van der Waals surface area contributed by atoms with Gasteiger partial charge >= 0.3 is 5.97 Å². The van der Waals surface area contributed by atoms with Crippen molar-refractivity contribution in [2.45, 2.75) is 123 Å². The second-order valence-electron chi connectivity index (χ2n) is 14.2. The number of allylic oxidation sites excluding steroid dienone is 3. The molecule has 0 aliphatic carbocycles. The summed E-state index contributed by atoms with van der Waals surface area (Å²) in [5, 5.41) is 64.5. The number of rotatable bonds is 17. The van der Waals surface area contributed by atoms with E-state index in [1.807, 2.05) is 20.8 Å². The van der Waals surface area contributed by atoms with Gasteiger partial charge in [0.2, 0.25) is 0 Å². The standard InChI is InChI=1S/C37H65N5O10/c1-9-32-28(21-43)17-23(3)11-12-30(46)24(4)18-27(13-14-38-15-16-42-20-29(22-44)39-40-42)36(25(5)31(47)19-33(48)51-32)52-37(50-10-2)35(49)34(26(6)45)41(7)8/h11-12,17,20,24-28,31-32,34-38,43-45,47,49H,9-10,13-16,18-19,21-22H2,1-8H3/b12-11+,23-17+/t24-,25+,26-,27+,28-,31-,32-,34?,35?,36-,37+/m1/s1. The molecule has 0 aromatic carbocycles. The molecule has 0 radical (unpaired) electrons. The summed E-state index contributed by atoms with van der Waals surface area (Å²) in [4.78, 5) is 28.5. The van der Waals surface area contributed by atoms with Crippen LogP contribution in [0.5, 0.6) is 0 Å². The van der Waals surface area contributed by atoms with Crippen LogP contribution in [-0.4, -0.2) is 140 Å². The second kappa shape index (κ2) is 23.2. The third kappa shape index (κ3) is 14.3. The zero-order valence-electron chi connectivity index (χ0n) is 32.3. The number of aromatic nitrogens is 3. The van der Waals surface area contributed by atoms with E-state index in [4.69, 9.17) is 14.2 Å². The number of ether oxygens (including phenoxy) is 3. The number of carbonyl (C=O) groups excluding carboxylic acids is 2. The first-order valence-corrected chi connectivity index (χ1v) is 18.6. The normalized spacial score (nSPS) is 29.6. The van der Waals surface area contributed by atoms with Gasteiger partial charge in [0.25, 0.3) is 0 Å². The van der Waals surface area contributed by atoms with Crippen molar-refractivity contribution in [3.05, 3.63) is 35.7 Å². The average Bonchev–Trinajstić information content (AvgIpc) is 3.56. The number of cyclic esters (lactones) is 1. The first-order chi connectivity index (χ1) is 24.7. The molecular formula is C37H65N5O10. The summed E-state index contributed by atoms with van der Waals surface area (Å²) in [6.45, 7) is 11.8. The third-order valence-corrected chi connectivity index (χ3v) is 9.77. The maximum absolute atomic E-state index is 13.5. The van der Waals surface area contributed by atoms with E-state index >= 15 is 0 Å². The van der Waals surface area contributed by atoms with Gasteiger partial charge < -0.3 is 50.0 Å². The molecule has 15 heteroatoms. The van der Waals surface area contributed by atoms with Crippen LogP contribution in [0.2, 0.25) is 0 Å². The lowest BCUT2D eigenvalue weighted by Gasteiger charge is -2.41. The third-order valence-electron chi connectivity index (χ3n) is 9.77. The Balaban J connectivity index is 2.54. The van der Waals surface area contributed by atoms with Gasteiger partial charge in [0.05, 0.1) is 56.7 Å². The topological polar surface area (TPSA) is 209 Å². The molecule has 0 amide bonds. The molecule has 298 valence electrons. The Morgan fingerprint density at radius 3 is 2.42 bits per heavy atom. The second-order valence-corrected chi connectivity index (χ2v) is 14.2. The number of aliphatic hydroxyl groups is 5. The maximum Gasteiger partial charge on any atom is 0.308 e. The predicted molar refractivity (Wildman–Crippen MR) is 195 cm³/mol. The molecule has 1 aliphatic rings. The van der Waals surface area contributed by atoms with Gasteiger partial charge in [-0.15, -0.1) is 5.10 Å². The molecule has 15 nitrogen and oxygen atoms in total. The lowest BCUT2D eigenvalue weighted by molar-refractivity contribution is -0.251. The number of likely N-dealkylation sites (N-methyl/N-ethyl adjacent to an activating group) is 1. The van der Waals surface area contributed by atoms with E-state index in [9.17, 15) is 35.1 Å². The van der Waals surface area contributed by atoms with E-state index in [1.54, 1.807) is 62.8 Å². The van der Waals surface area contributed by atoms with Crippen molar-refractivity contribution in [3.63, 3.8) is 0 Å². The fourth-order valence-electron chi connectivity index (χ4n) is 6.81. The minimum absolute atomic E-state index is 0.113. The lowest BCUT2D eigenvalue weighted by atomic mass is 9.79. The first-order valence-electron chi connectivity index (χ1n) is 18.6. The highest BCUT2D eigenvalue weighted by Gasteiger charge is 2.41.